The second-order valence-corrected chi connectivity index (χ2v) is 4.85. The molecule has 2 aromatic heterocycles. The molecule has 0 unspecified atom stereocenters. The number of hydrogen-bond donors (Lipinski definition) is 1. The summed E-state index contributed by atoms with van der Waals surface area (Å²) in [4.78, 5) is 1.20. The molecule has 0 bridgehead atoms. The van der Waals surface area contributed by atoms with E-state index in [1.54, 1.807) is 11.3 Å². The normalized spacial score (nSPS) is 15.7. The molecule has 0 radical (unpaired) electrons. The van der Waals surface area contributed by atoms with Crippen molar-refractivity contribution in [2.75, 3.05) is 0 Å². The molecule has 0 saturated heterocycles. The molecular weight excluding hydrogens is 206 g/mol. The van der Waals surface area contributed by atoms with E-state index >= 15 is 0 Å². The highest BCUT2D eigenvalue weighted by Gasteiger charge is 2.20. The highest BCUT2D eigenvalue weighted by molar-refractivity contribution is 7.13. The first-order valence-corrected chi connectivity index (χ1v) is 6.16. The van der Waals surface area contributed by atoms with Gasteiger partial charge in [-0.1, -0.05) is 6.07 Å². The van der Waals surface area contributed by atoms with Crippen LogP contribution in [0.25, 0.3) is 10.6 Å². The van der Waals surface area contributed by atoms with Crippen molar-refractivity contribution in [3.05, 3.63) is 35.4 Å². The van der Waals surface area contributed by atoms with Crippen molar-refractivity contribution in [2.45, 2.75) is 25.4 Å². The first kappa shape index (κ1) is 9.19. The van der Waals surface area contributed by atoms with Crippen LogP contribution in [0.3, 0.4) is 0 Å². The highest BCUT2D eigenvalue weighted by Crippen LogP contribution is 2.27. The van der Waals surface area contributed by atoms with Gasteiger partial charge in [-0.3, -0.25) is 0 Å². The van der Waals surface area contributed by atoms with E-state index in [-0.39, 0.29) is 0 Å². The maximum absolute atomic E-state index is 5.75. The Kier molecular flexibility index (Phi) is 2.35. The summed E-state index contributed by atoms with van der Waals surface area (Å²) in [5.74, 6) is 2.02. The molecule has 2 aromatic rings. The third kappa shape index (κ3) is 2.13. The molecule has 3 rings (SSSR count). The minimum atomic E-state index is 0.736. The Morgan fingerprint density at radius 1 is 1.33 bits per heavy atom. The lowest BCUT2D eigenvalue weighted by atomic mass is 10.3. The van der Waals surface area contributed by atoms with Crippen LogP contribution in [0.4, 0.5) is 0 Å². The van der Waals surface area contributed by atoms with Crippen molar-refractivity contribution in [2.24, 2.45) is 0 Å². The molecule has 3 heteroatoms. The van der Waals surface area contributed by atoms with E-state index in [1.807, 2.05) is 6.07 Å². The van der Waals surface area contributed by atoms with Gasteiger partial charge in [0.2, 0.25) is 0 Å². The van der Waals surface area contributed by atoms with Gasteiger partial charge in [-0.15, -0.1) is 11.3 Å². The van der Waals surface area contributed by atoms with Gasteiger partial charge in [0.25, 0.3) is 0 Å². The Hall–Kier alpha value is -1.06. The third-order valence-electron chi connectivity index (χ3n) is 2.57. The largest absolute Gasteiger partial charge is 0.459 e. The van der Waals surface area contributed by atoms with Gasteiger partial charge in [0.1, 0.15) is 11.5 Å². The lowest BCUT2D eigenvalue weighted by Gasteiger charge is -1.97. The van der Waals surface area contributed by atoms with Crippen molar-refractivity contribution in [1.82, 2.24) is 5.32 Å². The Morgan fingerprint density at radius 3 is 3.00 bits per heavy atom. The zero-order valence-corrected chi connectivity index (χ0v) is 9.22. The fraction of sp³-hybridized carbons (Fsp3) is 0.333. The van der Waals surface area contributed by atoms with Crippen LogP contribution in [-0.4, -0.2) is 6.04 Å². The molecule has 0 spiro atoms. The topological polar surface area (TPSA) is 25.2 Å². The zero-order chi connectivity index (χ0) is 10.1. The third-order valence-corrected chi connectivity index (χ3v) is 3.45. The van der Waals surface area contributed by atoms with Crippen molar-refractivity contribution in [1.29, 1.82) is 0 Å². The number of hydrogen-bond acceptors (Lipinski definition) is 3. The van der Waals surface area contributed by atoms with E-state index in [2.05, 4.69) is 28.9 Å². The van der Waals surface area contributed by atoms with Crippen molar-refractivity contribution in [3.63, 3.8) is 0 Å². The van der Waals surface area contributed by atoms with Crippen LogP contribution in [0.2, 0.25) is 0 Å². The molecule has 0 amide bonds. The molecule has 1 aliphatic rings. The van der Waals surface area contributed by atoms with Crippen molar-refractivity contribution < 1.29 is 4.42 Å². The summed E-state index contributed by atoms with van der Waals surface area (Å²) >= 11 is 1.71. The quantitative estimate of drug-likeness (QED) is 0.853. The molecule has 15 heavy (non-hydrogen) atoms. The molecule has 0 atom stereocenters. The van der Waals surface area contributed by atoms with E-state index in [4.69, 9.17) is 4.42 Å². The first-order chi connectivity index (χ1) is 7.42. The Morgan fingerprint density at radius 2 is 2.27 bits per heavy atom. The van der Waals surface area contributed by atoms with E-state index in [0.717, 1.165) is 24.1 Å². The predicted molar refractivity (Wildman–Crippen MR) is 61.9 cm³/mol. The molecule has 1 aliphatic carbocycles. The molecule has 2 heterocycles. The van der Waals surface area contributed by atoms with E-state index in [0.29, 0.717) is 0 Å². The molecule has 1 fully saturated rings. The number of furan rings is 1. The van der Waals surface area contributed by atoms with Gasteiger partial charge >= 0.3 is 0 Å². The van der Waals surface area contributed by atoms with E-state index in [1.165, 1.54) is 17.7 Å². The van der Waals surface area contributed by atoms with Crippen LogP contribution < -0.4 is 5.32 Å². The lowest BCUT2D eigenvalue weighted by molar-refractivity contribution is 0.493. The maximum Gasteiger partial charge on any atom is 0.144 e. The summed E-state index contributed by atoms with van der Waals surface area (Å²) in [6.07, 6.45) is 2.64. The Bertz CT molecular complexity index is 428. The summed E-state index contributed by atoms with van der Waals surface area (Å²) in [6, 6.07) is 8.98. The number of nitrogens with one attached hydrogen (secondary N) is 1. The average molecular weight is 219 g/mol. The van der Waals surface area contributed by atoms with Gasteiger partial charge in [0.15, 0.2) is 0 Å². The van der Waals surface area contributed by atoms with Gasteiger partial charge in [0, 0.05) is 6.04 Å². The summed E-state index contributed by atoms with van der Waals surface area (Å²) < 4.78 is 5.75. The molecule has 1 N–H and O–H groups in total. The van der Waals surface area contributed by atoms with Crippen LogP contribution in [0.15, 0.2) is 34.1 Å². The van der Waals surface area contributed by atoms with E-state index < -0.39 is 0 Å². The average Bonchev–Trinajstić information content (AvgIpc) is 2.78. The second kappa shape index (κ2) is 3.83. The van der Waals surface area contributed by atoms with Gasteiger partial charge < -0.3 is 9.73 Å². The van der Waals surface area contributed by atoms with E-state index in [9.17, 15) is 0 Å². The van der Waals surface area contributed by atoms with Crippen LogP contribution in [0.1, 0.15) is 18.6 Å². The summed E-state index contributed by atoms with van der Waals surface area (Å²) in [7, 11) is 0. The van der Waals surface area contributed by atoms with Crippen LogP contribution in [0, 0.1) is 0 Å². The van der Waals surface area contributed by atoms with Crippen molar-refractivity contribution >= 4 is 11.3 Å². The minimum Gasteiger partial charge on any atom is -0.459 e. The fourth-order valence-corrected chi connectivity index (χ4v) is 2.24. The van der Waals surface area contributed by atoms with Crippen LogP contribution >= 0.6 is 11.3 Å². The number of thiophene rings is 1. The summed E-state index contributed by atoms with van der Waals surface area (Å²) in [5, 5.41) is 5.51. The molecule has 78 valence electrons. The SMILES string of the molecule is c1csc(-c2ccc(CNC3CC3)o2)c1. The fourth-order valence-electron chi connectivity index (χ4n) is 1.56. The van der Waals surface area contributed by atoms with Gasteiger partial charge in [-0.05, 0) is 36.4 Å². The summed E-state index contributed by atoms with van der Waals surface area (Å²) in [5.41, 5.74) is 0. The van der Waals surface area contributed by atoms with Gasteiger partial charge in [0.05, 0.1) is 11.4 Å². The minimum absolute atomic E-state index is 0.736. The second-order valence-electron chi connectivity index (χ2n) is 3.90. The molecular formula is C12H13NOS. The highest BCUT2D eigenvalue weighted by atomic mass is 32.1. The Balaban J connectivity index is 1.69. The lowest BCUT2D eigenvalue weighted by Crippen LogP contribution is -2.14. The molecule has 2 nitrogen and oxygen atoms in total. The standard InChI is InChI=1S/C12H13NOS/c1-2-12(15-7-1)11-6-5-10(14-11)8-13-9-3-4-9/h1-2,5-7,9,13H,3-4,8H2. The van der Waals surface area contributed by atoms with Gasteiger partial charge in [-0.25, -0.2) is 0 Å². The zero-order valence-electron chi connectivity index (χ0n) is 8.40. The Labute approximate surface area is 92.9 Å². The van der Waals surface area contributed by atoms with Crippen LogP contribution in [0.5, 0.6) is 0 Å². The van der Waals surface area contributed by atoms with Crippen molar-refractivity contribution in [3.8, 4) is 10.6 Å². The number of rotatable bonds is 4. The molecule has 0 aliphatic heterocycles. The maximum atomic E-state index is 5.75. The predicted octanol–water partition coefficient (Wildman–Crippen LogP) is 3.26. The summed E-state index contributed by atoms with van der Waals surface area (Å²) in [6.45, 7) is 0.857. The first-order valence-electron chi connectivity index (χ1n) is 5.28. The molecule has 0 aromatic carbocycles. The molecule has 1 saturated carbocycles. The van der Waals surface area contributed by atoms with Crippen LogP contribution in [-0.2, 0) is 6.54 Å². The van der Waals surface area contributed by atoms with Gasteiger partial charge in [-0.2, -0.15) is 0 Å². The smallest absolute Gasteiger partial charge is 0.144 e. The monoisotopic (exact) mass is 219 g/mol.